The Balaban J connectivity index is 0.863. The molecule has 1 aliphatic carbocycles. The van der Waals surface area contributed by atoms with E-state index in [2.05, 4.69) is 289 Å². The lowest BCUT2D eigenvalue weighted by atomic mass is 9.68. The Hall–Kier alpha value is -9.24. The van der Waals surface area contributed by atoms with Gasteiger partial charge in [0.1, 0.15) is 0 Å². The first-order valence-electron chi connectivity index (χ1n) is 24.6. The summed E-state index contributed by atoms with van der Waals surface area (Å²) in [5.74, 6) is 0. The first-order chi connectivity index (χ1) is 35.2. The molecule has 0 atom stereocenters. The Morgan fingerprint density at radius 2 is 0.873 bits per heavy atom. The number of benzene rings is 12. The summed E-state index contributed by atoms with van der Waals surface area (Å²) in [7, 11) is 0. The van der Waals surface area contributed by atoms with Crippen LogP contribution in [0.3, 0.4) is 0 Å². The Morgan fingerprint density at radius 3 is 1.66 bits per heavy atom. The summed E-state index contributed by atoms with van der Waals surface area (Å²) in [5.41, 5.74) is 18.9. The van der Waals surface area contributed by atoms with Crippen LogP contribution in [0.1, 0.15) is 22.3 Å². The van der Waals surface area contributed by atoms with Crippen molar-refractivity contribution < 1.29 is 0 Å². The molecular weight excluding hydrogens is 857 g/mol. The van der Waals surface area contributed by atoms with Crippen molar-refractivity contribution in [2.24, 2.45) is 0 Å². The first-order valence-corrected chi connectivity index (χ1v) is 24.6. The fraction of sp³-hybridized carbons (Fsp3) is 0.0145. The third kappa shape index (κ3) is 6.49. The Morgan fingerprint density at radius 1 is 0.296 bits per heavy atom. The fourth-order valence-electron chi connectivity index (χ4n) is 11.8. The molecule has 0 radical (unpaired) electrons. The lowest BCUT2D eigenvalue weighted by Gasteiger charge is -2.33. The molecule has 0 unspecified atom stereocenters. The van der Waals surface area contributed by atoms with E-state index in [-0.39, 0.29) is 0 Å². The van der Waals surface area contributed by atoms with Gasteiger partial charge in [-0.05, 0) is 126 Å². The van der Waals surface area contributed by atoms with Crippen molar-refractivity contribution in [3.8, 4) is 39.1 Å². The van der Waals surface area contributed by atoms with Crippen LogP contribution in [0.2, 0.25) is 0 Å². The normalized spacial score (nSPS) is 12.6. The van der Waals surface area contributed by atoms with Gasteiger partial charge in [-0.25, -0.2) is 0 Å². The van der Waals surface area contributed by atoms with E-state index in [0.29, 0.717) is 0 Å². The molecule has 0 N–H and O–H groups in total. The van der Waals surface area contributed by atoms with Gasteiger partial charge in [0.25, 0.3) is 0 Å². The van der Waals surface area contributed by atoms with Crippen LogP contribution < -0.4 is 4.90 Å². The largest absolute Gasteiger partial charge is 0.310 e. The van der Waals surface area contributed by atoms with Crippen molar-refractivity contribution in [1.29, 1.82) is 0 Å². The van der Waals surface area contributed by atoms with Gasteiger partial charge in [0, 0.05) is 33.2 Å². The molecule has 71 heavy (non-hydrogen) atoms. The minimum absolute atomic E-state index is 0.443. The van der Waals surface area contributed by atoms with Gasteiger partial charge in [0.15, 0.2) is 0 Å². The zero-order valence-corrected chi connectivity index (χ0v) is 39.0. The molecule has 0 aliphatic heterocycles. The van der Waals surface area contributed by atoms with E-state index in [9.17, 15) is 0 Å². The molecule has 2 heteroatoms. The van der Waals surface area contributed by atoms with Crippen molar-refractivity contribution in [2.45, 2.75) is 5.41 Å². The predicted molar refractivity (Wildman–Crippen MR) is 299 cm³/mol. The van der Waals surface area contributed by atoms with E-state index in [0.717, 1.165) is 28.3 Å². The van der Waals surface area contributed by atoms with Crippen LogP contribution >= 0.6 is 0 Å². The third-order valence-corrected chi connectivity index (χ3v) is 15.0. The summed E-state index contributed by atoms with van der Waals surface area (Å²) in [4.78, 5) is 2.41. The van der Waals surface area contributed by atoms with E-state index in [1.165, 1.54) is 93.4 Å². The smallest absolute Gasteiger partial charge is 0.0713 e. The molecule has 2 nitrogen and oxygen atoms in total. The zero-order chi connectivity index (χ0) is 46.9. The number of anilines is 3. The Bertz CT molecular complexity index is 4120. The van der Waals surface area contributed by atoms with Gasteiger partial charge in [0.05, 0.1) is 22.1 Å². The van der Waals surface area contributed by atoms with E-state index in [1.54, 1.807) is 0 Å². The van der Waals surface area contributed by atoms with Gasteiger partial charge in [-0.1, -0.05) is 224 Å². The molecule has 1 heterocycles. The summed E-state index contributed by atoms with van der Waals surface area (Å²) < 4.78 is 2.47. The van der Waals surface area contributed by atoms with Crippen LogP contribution in [0.4, 0.5) is 17.1 Å². The van der Waals surface area contributed by atoms with Gasteiger partial charge in [-0.2, -0.15) is 0 Å². The maximum atomic E-state index is 2.47. The molecule has 0 saturated heterocycles. The molecule has 12 aromatic carbocycles. The highest BCUT2D eigenvalue weighted by Crippen LogP contribution is 2.56. The van der Waals surface area contributed by atoms with Crippen LogP contribution in [0.25, 0.3) is 82.4 Å². The molecule has 0 fully saturated rings. The van der Waals surface area contributed by atoms with Gasteiger partial charge in [-0.3, -0.25) is 0 Å². The predicted octanol–water partition coefficient (Wildman–Crippen LogP) is 18.3. The summed E-state index contributed by atoms with van der Waals surface area (Å²) in [6.07, 6.45) is 0. The van der Waals surface area contributed by atoms with Crippen LogP contribution in [0, 0.1) is 0 Å². The van der Waals surface area contributed by atoms with Crippen LogP contribution in [-0.2, 0) is 5.41 Å². The molecule has 13 aromatic rings. The van der Waals surface area contributed by atoms with Crippen molar-refractivity contribution in [2.75, 3.05) is 4.90 Å². The monoisotopic (exact) mass is 902 g/mol. The highest BCUT2D eigenvalue weighted by molar-refractivity contribution is 6.10. The Labute approximate surface area is 413 Å². The number of nitrogens with zero attached hydrogens (tertiary/aromatic N) is 2. The van der Waals surface area contributed by atoms with Crippen LogP contribution in [0.15, 0.2) is 279 Å². The quantitative estimate of drug-likeness (QED) is 0.147. The highest BCUT2D eigenvalue weighted by Gasteiger charge is 2.46. The fourth-order valence-corrected chi connectivity index (χ4v) is 11.8. The van der Waals surface area contributed by atoms with Crippen molar-refractivity contribution in [3.05, 3.63) is 301 Å². The maximum absolute atomic E-state index is 2.47. The summed E-state index contributed by atoms with van der Waals surface area (Å²) in [6.45, 7) is 0. The number of rotatable bonds is 8. The van der Waals surface area contributed by atoms with Crippen LogP contribution in [-0.4, -0.2) is 4.57 Å². The number of hydrogen-bond donors (Lipinski definition) is 0. The highest BCUT2D eigenvalue weighted by atomic mass is 15.1. The van der Waals surface area contributed by atoms with E-state index < -0.39 is 5.41 Å². The van der Waals surface area contributed by atoms with Crippen LogP contribution in [0.5, 0.6) is 0 Å². The standard InChI is InChI=1S/C69H46N2/c1-3-22-54(23-4-1)69(55-24-5-2-6-25-55)64-30-13-11-28-60(64)63-46-58(40-42-65(63)69)71-67-31-14-12-29-61(67)62-41-38-53(45-68(62)71)49-35-33-48(34-36-49)52-21-15-26-56(43-52)70(57-39-37-47-17-7-8-19-51(47)44-57)66-32-16-20-50-18-9-10-27-59(50)66/h1-46H. The van der Waals surface area contributed by atoms with Crippen molar-refractivity contribution >= 4 is 60.4 Å². The third-order valence-electron chi connectivity index (χ3n) is 15.0. The molecule has 332 valence electrons. The van der Waals surface area contributed by atoms with E-state index in [1.807, 2.05) is 0 Å². The molecular formula is C69H46N2. The summed E-state index contributed by atoms with van der Waals surface area (Å²) >= 11 is 0. The molecule has 0 spiro atoms. The van der Waals surface area contributed by atoms with Gasteiger partial charge in [-0.15, -0.1) is 0 Å². The lowest BCUT2D eigenvalue weighted by Crippen LogP contribution is -2.28. The zero-order valence-electron chi connectivity index (χ0n) is 39.0. The molecule has 0 saturated carbocycles. The Kier molecular flexibility index (Phi) is 9.47. The minimum atomic E-state index is -0.443. The maximum Gasteiger partial charge on any atom is 0.0713 e. The minimum Gasteiger partial charge on any atom is -0.310 e. The summed E-state index contributed by atoms with van der Waals surface area (Å²) in [5, 5.41) is 7.36. The van der Waals surface area contributed by atoms with E-state index in [4.69, 9.17) is 0 Å². The lowest BCUT2D eigenvalue weighted by molar-refractivity contribution is 0.768. The first kappa shape index (κ1) is 40.8. The van der Waals surface area contributed by atoms with Gasteiger partial charge < -0.3 is 9.47 Å². The van der Waals surface area contributed by atoms with Gasteiger partial charge >= 0.3 is 0 Å². The number of aromatic nitrogens is 1. The average molecular weight is 903 g/mol. The summed E-state index contributed by atoms with van der Waals surface area (Å²) in [6, 6.07) is 103. The number of fused-ring (bicyclic) bond motifs is 8. The topological polar surface area (TPSA) is 8.17 Å². The van der Waals surface area contributed by atoms with E-state index >= 15 is 0 Å². The second-order valence-electron chi connectivity index (χ2n) is 18.8. The second-order valence-corrected chi connectivity index (χ2v) is 18.8. The average Bonchev–Trinajstić information content (AvgIpc) is 3.94. The number of para-hydroxylation sites is 1. The van der Waals surface area contributed by atoms with Gasteiger partial charge in [0.2, 0.25) is 0 Å². The van der Waals surface area contributed by atoms with Crippen molar-refractivity contribution in [3.63, 3.8) is 0 Å². The molecule has 1 aliphatic rings. The molecule has 0 amide bonds. The second kappa shape index (κ2) is 16.5. The van der Waals surface area contributed by atoms with Crippen molar-refractivity contribution in [1.82, 2.24) is 4.57 Å². The SMILES string of the molecule is c1ccc(C2(c3ccccc3)c3ccccc3-c3cc(-n4c5ccccc5c5ccc(-c6ccc(-c7cccc(N(c8ccc9ccccc9c8)c8cccc9ccccc89)c7)cc6)cc54)ccc32)cc1. The molecule has 0 bridgehead atoms. The molecule has 1 aromatic heterocycles. The molecule has 14 rings (SSSR count). The number of hydrogen-bond acceptors (Lipinski definition) is 1.